The number of primary amides is 1. The number of hydrogen-bond donors (Lipinski definition) is 2. The molecular weight excluding hydrogens is 180 g/mol. The van der Waals surface area contributed by atoms with E-state index in [0.717, 1.165) is 11.5 Å². The van der Waals surface area contributed by atoms with Gasteiger partial charge in [0.15, 0.2) is 5.69 Å². The Balaban J connectivity index is 3.07. The van der Waals surface area contributed by atoms with Crippen molar-refractivity contribution in [1.29, 1.82) is 0 Å². The summed E-state index contributed by atoms with van der Waals surface area (Å²) in [6.07, 6.45) is 0. The molecule has 0 aliphatic carbocycles. The number of rotatable bonds is 2. The molecule has 0 bridgehead atoms. The molecule has 0 aliphatic heterocycles. The van der Waals surface area contributed by atoms with E-state index in [1.54, 1.807) is 0 Å². The molecule has 1 aromatic heterocycles. The summed E-state index contributed by atoms with van der Waals surface area (Å²) in [4.78, 5) is 21.7. The Morgan fingerprint density at radius 2 is 2.25 bits per heavy atom. The highest BCUT2D eigenvalue weighted by Crippen LogP contribution is 2.08. The molecule has 0 atom stereocenters. The van der Waals surface area contributed by atoms with Crippen LogP contribution in [0.3, 0.4) is 0 Å². The van der Waals surface area contributed by atoms with Gasteiger partial charge in [0.25, 0.3) is 11.8 Å². The van der Waals surface area contributed by atoms with Crippen LogP contribution >= 0.6 is 11.5 Å². The average Bonchev–Trinajstić information content (AvgIpc) is 2.50. The second-order valence-corrected chi connectivity index (χ2v) is 2.65. The van der Waals surface area contributed by atoms with Crippen LogP contribution in [0.5, 0.6) is 0 Å². The van der Waals surface area contributed by atoms with E-state index >= 15 is 0 Å². The fourth-order valence-electron chi connectivity index (χ4n) is 0.619. The molecule has 7 heteroatoms. The van der Waals surface area contributed by atoms with Crippen molar-refractivity contribution < 1.29 is 9.59 Å². The molecule has 0 fully saturated rings. The highest BCUT2D eigenvalue weighted by molar-refractivity contribution is 7.08. The molecule has 0 aromatic carbocycles. The van der Waals surface area contributed by atoms with Crippen LogP contribution in [0, 0.1) is 0 Å². The summed E-state index contributed by atoms with van der Waals surface area (Å²) < 4.78 is 3.44. The van der Waals surface area contributed by atoms with Crippen molar-refractivity contribution in [2.24, 2.45) is 5.73 Å². The molecule has 1 heterocycles. The minimum Gasteiger partial charge on any atom is -0.365 e. The molecule has 0 spiro atoms. The predicted octanol–water partition coefficient (Wildman–Crippen LogP) is -1.00. The maximum atomic E-state index is 11.0. The monoisotopic (exact) mass is 186 g/mol. The molecule has 1 aromatic rings. The number of carbonyl (C=O) groups excluding carboxylic acids is 2. The van der Waals surface area contributed by atoms with Gasteiger partial charge in [0, 0.05) is 7.05 Å². The zero-order valence-corrected chi connectivity index (χ0v) is 7.01. The lowest BCUT2D eigenvalue weighted by Crippen LogP contribution is -2.22. The van der Waals surface area contributed by atoms with E-state index in [2.05, 4.69) is 14.9 Å². The summed E-state index contributed by atoms with van der Waals surface area (Å²) in [7, 11) is 1.44. The Hall–Kier alpha value is -1.50. The van der Waals surface area contributed by atoms with E-state index in [4.69, 9.17) is 5.73 Å². The third-order valence-corrected chi connectivity index (χ3v) is 1.89. The number of nitrogens with one attached hydrogen (secondary N) is 1. The van der Waals surface area contributed by atoms with Gasteiger partial charge in [-0.1, -0.05) is 4.49 Å². The Morgan fingerprint density at radius 3 is 2.75 bits per heavy atom. The van der Waals surface area contributed by atoms with Gasteiger partial charge in [0.1, 0.15) is 4.88 Å². The van der Waals surface area contributed by atoms with Crippen LogP contribution in [0.1, 0.15) is 20.2 Å². The van der Waals surface area contributed by atoms with Gasteiger partial charge in [-0.3, -0.25) is 9.59 Å². The van der Waals surface area contributed by atoms with Gasteiger partial charge in [-0.25, -0.2) is 0 Å². The summed E-state index contributed by atoms with van der Waals surface area (Å²) in [6, 6.07) is 0. The zero-order valence-electron chi connectivity index (χ0n) is 6.20. The molecule has 2 amide bonds. The van der Waals surface area contributed by atoms with E-state index in [9.17, 15) is 9.59 Å². The highest BCUT2D eigenvalue weighted by atomic mass is 32.1. The van der Waals surface area contributed by atoms with Gasteiger partial charge >= 0.3 is 0 Å². The minimum atomic E-state index is -0.691. The largest absolute Gasteiger partial charge is 0.365 e. The SMILES string of the molecule is CNC(=O)c1nnsc1C(N)=O. The first kappa shape index (κ1) is 8.60. The lowest BCUT2D eigenvalue weighted by molar-refractivity contribution is 0.0941. The molecular formula is C5H6N4O2S. The Kier molecular flexibility index (Phi) is 2.34. The molecule has 0 saturated carbocycles. The van der Waals surface area contributed by atoms with Crippen LogP contribution in [0.25, 0.3) is 0 Å². The van der Waals surface area contributed by atoms with Crippen LogP contribution in [0.2, 0.25) is 0 Å². The quantitative estimate of drug-likeness (QED) is 0.618. The maximum Gasteiger partial charge on any atom is 0.273 e. The number of hydrogen-bond acceptors (Lipinski definition) is 5. The van der Waals surface area contributed by atoms with Crippen LogP contribution in [-0.4, -0.2) is 28.4 Å². The first-order chi connectivity index (χ1) is 5.66. The lowest BCUT2D eigenvalue weighted by Gasteiger charge is -1.93. The number of aromatic nitrogens is 2. The zero-order chi connectivity index (χ0) is 9.14. The first-order valence-electron chi connectivity index (χ1n) is 3.01. The molecule has 6 nitrogen and oxygen atoms in total. The Bertz CT molecular complexity index is 321. The smallest absolute Gasteiger partial charge is 0.273 e. The second-order valence-electron chi connectivity index (χ2n) is 1.89. The molecule has 3 N–H and O–H groups in total. The molecule has 12 heavy (non-hydrogen) atoms. The molecule has 64 valence electrons. The molecule has 0 radical (unpaired) electrons. The average molecular weight is 186 g/mol. The molecule has 0 aliphatic rings. The van der Waals surface area contributed by atoms with Gasteiger partial charge in [-0.2, -0.15) is 0 Å². The van der Waals surface area contributed by atoms with Crippen LogP contribution in [0.15, 0.2) is 0 Å². The van der Waals surface area contributed by atoms with Gasteiger partial charge < -0.3 is 11.1 Å². The first-order valence-corrected chi connectivity index (χ1v) is 3.78. The fourth-order valence-corrected chi connectivity index (χ4v) is 1.13. The maximum absolute atomic E-state index is 11.0. The fraction of sp³-hybridized carbons (Fsp3) is 0.200. The van der Waals surface area contributed by atoms with Crippen LogP contribution < -0.4 is 11.1 Å². The van der Waals surface area contributed by atoms with Crippen molar-refractivity contribution in [3.63, 3.8) is 0 Å². The van der Waals surface area contributed by atoms with Crippen LogP contribution in [-0.2, 0) is 0 Å². The topological polar surface area (TPSA) is 98.0 Å². The third kappa shape index (κ3) is 1.40. The normalized spacial score (nSPS) is 9.42. The summed E-state index contributed by atoms with van der Waals surface area (Å²) in [5, 5.41) is 5.78. The third-order valence-electron chi connectivity index (χ3n) is 1.15. The summed E-state index contributed by atoms with van der Waals surface area (Å²) in [5.74, 6) is -1.15. The molecule has 0 saturated heterocycles. The minimum absolute atomic E-state index is 0.0185. The number of nitrogens with two attached hydrogens (primary N) is 1. The van der Waals surface area contributed by atoms with E-state index < -0.39 is 11.8 Å². The lowest BCUT2D eigenvalue weighted by atomic mass is 10.3. The standard InChI is InChI=1S/C5H6N4O2S/c1-7-5(11)2-3(4(6)10)12-9-8-2/h1H3,(H2,6,10)(H,7,11). The summed E-state index contributed by atoms with van der Waals surface area (Å²) >= 11 is 0.805. The van der Waals surface area contributed by atoms with Gasteiger partial charge in [0.2, 0.25) is 0 Å². The molecule has 1 rings (SSSR count). The van der Waals surface area contributed by atoms with Crippen molar-refractivity contribution in [3.05, 3.63) is 10.6 Å². The predicted molar refractivity (Wildman–Crippen MR) is 41.8 cm³/mol. The van der Waals surface area contributed by atoms with Crippen LogP contribution in [0.4, 0.5) is 0 Å². The van der Waals surface area contributed by atoms with Crippen molar-refractivity contribution in [1.82, 2.24) is 14.9 Å². The molecule has 0 unspecified atom stereocenters. The summed E-state index contributed by atoms with van der Waals surface area (Å²) in [6.45, 7) is 0. The van der Waals surface area contributed by atoms with Crippen molar-refractivity contribution in [2.45, 2.75) is 0 Å². The van der Waals surface area contributed by atoms with Crippen molar-refractivity contribution in [3.8, 4) is 0 Å². The Labute approximate surface area is 71.9 Å². The highest BCUT2D eigenvalue weighted by Gasteiger charge is 2.18. The van der Waals surface area contributed by atoms with E-state index in [-0.39, 0.29) is 10.6 Å². The van der Waals surface area contributed by atoms with Gasteiger partial charge in [0.05, 0.1) is 0 Å². The van der Waals surface area contributed by atoms with Gasteiger partial charge in [-0.05, 0) is 11.5 Å². The van der Waals surface area contributed by atoms with Crippen molar-refractivity contribution >= 4 is 23.3 Å². The number of nitrogens with zero attached hydrogens (tertiary/aromatic N) is 2. The van der Waals surface area contributed by atoms with E-state index in [1.165, 1.54) is 7.05 Å². The van der Waals surface area contributed by atoms with Crippen molar-refractivity contribution in [2.75, 3.05) is 7.05 Å². The van der Waals surface area contributed by atoms with E-state index in [0.29, 0.717) is 0 Å². The number of amides is 2. The Morgan fingerprint density at radius 1 is 1.58 bits per heavy atom. The van der Waals surface area contributed by atoms with Gasteiger partial charge in [-0.15, -0.1) is 5.10 Å². The summed E-state index contributed by atoms with van der Waals surface area (Å²) in [5.41, 5.74) is 4.94. The van der Waals surface area contributed by atoms with E-state index in [1.807, 2.05) is 0 Å². The number of carbonyl (C=O) groups is 2. The second kappa shape index (κ2) is 3.26.